The van der Waals surface area contributed by atoms with Crippen molar-refractivity contribution in [3.8, 4) is 0 Å². The molecular weight excluding hydrogens is 260 g/mol. The highest BCUT2D eigenvalue weighted by molar-refractivity contribution is 5.96. The van der Waals surface area contributed by atoms with E-state index >= 15 is 0 Å². The highest BCUT2D eigenvalue weighted by Crippen LogP contribution is 2.27. The molecule has 0 bridgehead atoms. The van der Waals surface area contributed by atoms with Crippen LogP contribution in [0, 0.1) is 0 Å². The van der Waals surface area contributed by atoms with Crippen molar-refractivity contribution in [2.75, 3.05) is 29.6 Å². The molecule has 0 aromatic heterocycles. The van der Waals surface area contributed by atoms with E-state index in [0.717, 1.165) is 18.7 Å². The third kappa shape index (κ3) is 2.12. The Bertz CT molecular complexity index is 528. The van der Waals surface area contributed by atoms with E-state index in [1.165, 1.54) is 4.90 Å². The monoisotopic (exact) mass is 276 g/mol. The zero-order valence-corrected chi connectivity index (χ0v) is 11.0. The molecule has 106 valence electrons. The van der Waals surface area contributed by atoms with Gasteiger partial charge in [-0.2, -0.15) is 0 Å². The van der Waals surface area contributed by atoms with E-state index < -0.39 is 6.09 Å². The molecule has 6 nitrogen and oxygen atoms in total. The van der Waals surface area contributed by atoms with E-state index in [9.17, 15) is 14.7 Å². The van der Waals surface area contributed by atoms with E-state index in [1.807, 2.05) is 12.1 Å². The Morgan fingerprint density at radius 2 is 1.90 bits per heavy atom. The smallest absolute Gasteiger partial charge is 0.414 e. The maximum Gasteiger partial charge on any atom is 0.414 e. The summed E-state index contributed by atoms with van der Waals surface area (Å²) in [6.45, 7) is 0.795. The van der Waals surface area contributed by atoms with Gasteiger partial charge in [-0.25, -0.2) is 4.79 Å². The van der Waals surface area contributed by atoms with Crippen molar-refractivity contribution in [3.63, 3.8) is 0 Å². The quantitative estimate of drug-likeness (QED) is 0.898. The molecule has 2 saturated heterocycles. The molecule has 6 heteroatoms. The standard InChI is InChI=1S/C14H16N2O4/c17-8-12-9-20-14(19)16(12)11-5-3-10(4-6-11)15-7-1-2-13(15)18/h3-6,12,17H,1-2,7-9H2. The van der Waals surface area contributed by atoms with Gasteiger partial charge in [0.05, 0.1) is 12.6 Å². The van der Waals surface area contributed by atoms with E-state index in [-0.39, 0.29) is 25.2 Å². The first-order valence-electron chi connectivity index (χ1n) is 6.68. The van der Waals surface area contributed by atoms with Crippen LogP contribution >= 0.6 is 0 Å². The molecule has 0 spiro atoms. The lowest BCUT2D eigenvalue weighted by Gasteiger charge is -2.21. The van der Waals surface area contributed by atoms with Gasteiger partial charge >= 0.3 is 6.09 Å². The van der Waals surface area contributed by atoms with Gasteiger partial charge in [-0.15, -0.1) is 0 Å². The van der Waals surface area contributed by atoms with Gasteiger partial charge in [-0.3, -0.25) is 9.69 Å². The minimum atomic E-state index is -0.450. The minimum absolute atomic E-state index is 0.131. The van der Waals surface area contributed by atoms with Crippen molar-refractivity contribution in [1.82, 2.24) is 0 Å². The number of amides is 2. The van der Waals surface area contributed by atoms with Crippen LogP contribution in [-0.2, 0) is 9.53 Å². The third-order valence-electron chi connectivity index (χ3n) is 3.68. The lowest BCUT2D eigenvalue weighted by Crippen LogP contribution is -2.36. The summed E-state index contributed by atoms with van der Waals surface area (Å²) < 4.78 is 4.93. The van der Waals surface area contributed by atoms with Crippen molar-refractivity contribution in [2.45, 2.75) is 18.9 Å². The van der Waals surface area contributed by atoms with Crippen molar-refractivity contribution < 1.29 is 19.4 Å². The SMILES string of the molecule is O=C1CCCN1c1ccc(N2C(=O)OCC2CO)cc1. The summed E-state index contributed by atoms with van der Waals surface area (Å²) in [5.41, 5.74) is 1.51. The van der Waals surface area contributed by atoms with Gasteiger partial charge in [-0.1, -0.05) is 0 Å². The Kier molecular flexibility index (Phi) is 3.31. The lowest BCUT2D eigenvalue weighted by molar-refractivity contribution is -0.117. The molecule has 2 amide bonds. The first-order chi connectivity index (χ1) is 9.70. The summed E-state index contributed by atoms with van der Waals surface area (Å²) in [4.78, 5) is 26.5. The second-order valence-electron chi connectivity index (χ2n) is 4.95. The summed E-state index contributed by atoms with van der Waals surface area (Å²) in [6, 6.07) is 6.84. The molecule has 2 fully saturated rings. The molecule has 1 aromatic rings. The van der Waals surface area contributed by atoms with Gasteiger partial charge in [0.15, 0.2) is 0 Å². The van der Waals surface area contributed by atoms with Gasteiger partial charge in [-0.05, 0) is 30.7 Å². The average molecular weight is 276 g/mol. The predicted molar refractivity (Wildman–Crippen MR) is 72.7 cm³/mol. The molecule has 2 aliphatic rings. The van der Waals surface area contributed by atoms with Crippen LogP contribution in [0.15, 0.2) is 24.3 Å². The van der Waals surface area contributed by atoms with Crippen molar-refractivity contribution >= 4 is 23.4 Å². The molecule has 2 heterocycles. The Morgan fingerprint density at radius 3 is 2.50 bits per heavy atom. The van der Waals surface area contributed by atoms with Crippen molar-refractivity contribution in [2.24, 2.45) is 0 Å². The molecule has 2 aliphatic heterocycles. The third-order valence-corrected chi connectivity index (χ3v) is 3.68. The topological polar surface area (TPSA) is 70.1 Å². The number of carbonyl (C=O) groups is 2. The van der Waals surface area contributed by atoms with Crippen LogP contribution in [-0.4, -0.2) is 42.9 Å². The summed E-state index contributed by atoms with van der Waals surface area (Å²) >= 11 is 0. The highest BCUT2D eigenvalue weighted by atomic mass is 16.6. The van der Waals surface area contributed by atoms with E-state index in [0.29, 0.717) is 12.1 Å². The van der Waals surface area contributed by atoms with Gasteiger partial charge < -0.3 is 14.7 Å². The number of anilines is 2. The number of aliphatic hydroxyl groups is 1. The molecule has 0 aliphatic carbocycles. The molecular formula is C14H16N2O4. The van der Waals surface area contributed by atoms with Crippen LogP contribution in [0.5, 0.6) is 0 Å². The average Bonchev–Trinajstić information content (AvgIpc) is 3.05. The van der Waals surface area contributed by atoms with Crippen LogP contribution in [0.3, 0.4) is 0 Å². The van der Waals surface area contributed by atoms with Gasteiger partial charge in [0.25, 0.3) is 0 Å². The number of nitrogens with zero attached hydrogens (tertiary/aromatic N) is 2. The number of cyclic esters (lactones) is 1. The van der Waals surface area contributed by atoms with Crippen LogP contribution < -0.4 is 9.80 Å². The molecule has 1 aromatic carbocycles. The molecule has 1 N–H and O–H groups in total. The molecule has 0 radical (unpaired) electrons. The zero-order chi connectivity index (χ0) is 14.1. The first kappa shape index (κ1) is 12.9. The summed E-state index contributed by atoms with van der Waals surface area (Å²) in [7, 11) is 0. The number of benzene rings is 1. The van der Waals surface area contributed by atoms with E-state index in [2.05, 4.69) is 0 Å². The summed E-state index contributed by atoms with van der Waals surface area (Å²) in [5, 5.41) is 9.25. The number of carbonyl (C=O) groups excluding carboxylic acids is 2. The molecule has 1 unspecified atom stereocenters. The normalized spacial score (nSPS) is 22.6. The number of hydrogen-bond donors (Lipinski definition) is 1. The van der Waals surface area contributed by atoms with Crippen LogP contribution in [0.4, 0.5) is 16.2 Å². The fourth-order valence-electron chi connectivity index (χ4n) is 2.63. The highest BCUT2D eigenvalue weighted by Gasteiger charge is 2.33. The first-order valence-corrected chi connectivity index (χ1v) is 6.68. The second kappa shape index (κ2) is 5.13. The molecule has 1 atom stereocenters. The van der Waals surface area contributed by atoms with Crippen LogP contribution in [0.2, 0.25) is 0 Å². The lowest BCUT2D eigenvalue weighted by atomic mass is 10.2. The Hall–Kier alpha value is -2.08. The number of hydrogen-bond acceptors (Lipinski definition) is 4. The van der Waals surface area contributed by atoms with Gasteiger partial charge in [0.2, 0.25) is 5.91 Å². The van der Waals surface area contributed by atoms with Crippen molar-refractivity contribution in [1.29, 1.82) is 0 Å². The van der Waals surface area contributed by atoms with E-state index in [4.69, 9.17) is 4.74 Å². The fourth-order valence-corrected chi connectivity index (χ4v) is 2.63. The number of rotatable bonds is 3. The Labute approximate surface area is 116 Å². The van der Waals surface area contributed by atoms with Crippen LogP contribution in [0.1, 0.15) is 12.8 Å². The number of ether oxygens (including phenoxy) is 1. The molecule has 0 saturated carbocycles. The van der Waals surface area contributed by atoms with Crippen LogP contribution in [0.25, 0.3) is 0 Å². The van der Waals surface area contributed by atoms with Crippen molar-refractivity contribution in [3.05, 3.63) is 24.3 Å². The maximum atomic E-state index is 11.7. The Balaban J connectivity index is 1.82. The summed E-state index contributed by atoms with van der Waals surface area (Å²) in [5.74, 6) is 0.131. The maximum absolute atomic E-state index is 11.7. The zero-order valence-electron chi connectivity index (χ0n) is 11.0. The fraction of sp³-hybridized carbons (Fsp3) is 0.429. The summed E-state index contributed by atoms with van der Waals surface area (Å²) in [6.07, 6.45) is 1.02. The van der Waals surface area contributed by atoms with Gasteiger partial charge in [0.1, 0.15) is 6.61 Å². The number of aliphatic hydroxyl groups excluding tert-OH is 1. The minimum Gasteiger partial charge on any atom is -0.447 e. The molecule has 3 rings (SSSR count). The largest absolute Gasteiger partial charge is 0.447 e. The van der Waals surface area contributed by atoms with E-state index in [1.54, 1.807) is 17.0 Å². The second-order valence-corrected chi connectivity index (χ2v) is 4.95. The molecule has 20 heavy (non-hydrogen) atoms. The Morgan fingerprint density at radius 1 is 1.20 bits per heavy atom. The predicted octanol–water partition coefficient (Wildman–Crippen LogP) is 1.13. The van der Waals surface area contributed by atoms with Gasteiger partial charge in [0, 0.05) is 24.3 Å².